The quantitative estimate of drug-likeness (QED) is 0.663. The molecule has 0 saturated heterocycles. The van der Waals surface area contributed by atoms with Crippen LogP contribution < -0.4 is 5.32 Å². The van der Waals surface area contributed by atoms with Gasteiger partial charge in [-0.25, -0.2) is 4.79 Å². The Morgan fingerprint density at radius 1 is 1.30 bits per heavy atom. The predicted molar refractivity (Wildman–Crippen MR) is 68.6 cm³/mol. The number of halogens is 3. The minimum atomic E-state index is -4.53. The molecule has 8 heteroatoms. The summed E-state index contributed by atoms with van der Waals surface area (Å²) in [5.41, 5.74) is -0.877. The van der Waals surface area contributed by atoms with Gasteiger partial charge in [0.1, 0.15) is 0 Å². The number of aliphatic carboxylic acids is 1. The van der Waals surface area contributed by atoms with Gasteiger partial charge >= 0.3 is 12.1 Å². The van der Waals surface area contributed by atoms with Crippen LogP contribution in [-0.4, -0.2) is 23.2 Å². The first-order valence-electron chi connectivity index (χ1n) is 5.22. The van der Waals surface area contributed by atoms with Crippen LogP contribution in [0.2, 0.25) is 0 Å². The summed E-state index contributed by atoms with van der Waals surface area (Å²) in [6, 6.07) is 3.39. The molecule has 0 fully saturated rings. The molecule has 0 atom stereocenters. The van der Waals surface area contributed by atoms with Crippen LogP contribution in [0.5, 0.6) is 0 Å². The maximum absolute atomic E-state index is 12.8. The second-order valence-electron chi connectivity index (χ2n) is 3.54. The van der Waals surface area contributed by atoms with Gasteiger partial charge < -0.3 is 10.4 Å². The number of amides is 1. The van der Waals surface area contributed by atoms with E-state index < -0.39 is 23.6 Å². The summed E-state index contributed by atoms with van der Waals surface area (Å²) in [7, 11) is 0. The number of anilines is 1. The summed E-state index contributed by atoms with van der Waals surface area (Å²) >= 11 is 0.840. The van der Waals surface area contributed by atoms with E-state index in [1.807, 2.05) is 0 Å². The molecule has 0 saturated carbocycles. The molecule has 20 heavy (non-hydrogen) atoms. The largest absolute Gasteiger partial charge is 0.478 e. The van der Waals surface area contributed by atoms with Crippen LogP contribution in [0.4, 0.5) is 18.9 Å². The molecule has 108 valence electrons. The van der Waals surface area contributed by atoms with E-state index in [1.54, 1.807) is 0 Å². The number of carbonyl (C=O) groups excluding carboxylic acids is 1. The SMILES string of the molecule is CSc1c(NC(=O)C=CC(=O)O)cccc1C(F)(F)F. The Labute approximate surface area is 116 Å². The summed E-state index contributed by atoms with van der Waals surface area (Å²) in [5.74, 6) is -2.14. The van der Waals surface area contributed by atoms with Gasteiger partial charge in [0, 0.05) is 17.0 Å². The van der Waals surface area contributed by atoms with Crippen molar-refractivity contribution in [3.8, 4) is 0 Å². The summed E-state index contributed by atoms with van der Waals surface area (Å²) in [6.45, 7) is 0. The number of hydrogen-bond acceptors (Lipinski definition) is 3. The maximum Gasteiger partial charge on any atom is 0.417 e. The van der Waals surface area contributed by atoms with Gasteiger partial charge in [-0.2, -0.15) is 13.2 Å². The average Bonchev–Trinajstić information content (AvgIpc) is 2.35. The third-order valence-corrected chi connectivity index (χ3v) is 3.01. The van der Waals surface area contributed by atoms with Crippen LogP contribution in [0, 0.1) is 0 Å². The monoisotopic (exact) mass is 305 g/mol. The number of carboxylic acids is 1. The van der Waals surface area contributed by atoms with E-state index in [9.17, 15) is 22.8 Å². The summed E-state index contributed by atoms with van der Waals surface area (Å²) in [6.07, 6.45) is -1.75. The Balaban J connectivity index is 3.08. The highest BCUT2D eigenvalue weighted by Crippen LogP contribution is 2.39. The first kappa shape index (κ1) is 16.1. The second-order valence-corrected chi connectivity index (χ2v) is 4.36. The predicted octanol–water partition coefficient (Wildman–Crippen LogP) is 3.01. The van der Waals surface area contributed by atoms with Crippen LogP contribution in [0.1, 0.15) is 5.56 Å². The minimum absolute atomic E-state index is 0.0210. The van der Waals surface area contributed by atoms with Crippen molar-refractivity contribution >= 4 is 29.3 Å². The Morgan fingerprint density at radius 3 is 2.45 bits per heavy atom. The van der Waals surface area contributed by atoms with Crippen molar-refractivity contribution in [2.45, 2.75) is 11.1 Å². The molecule has 0 aliphatic rings. The minimum Gasteiger partial charge on any atom is -0.478 e. The summed E-state index contributed by atoms with van der Waals surface area (Å²) in [5, 5.41) is 10.6. The molecule has 1 amide bonds. The van der Waals surface area contributed by atoms with Crippen molar-refractivity contribution in [1.82, 2.24) is 0 Å². The zero-order valence-electron chi connectivity index (χ0n) is 10.2. The third-order valence-electron chi connectivity index (χ3n) is 2.16. The van der Waals surface area contributed by atoms with Gasteiger partial charge in [-0.1, -0.05) is 6.07 Å². The fourth-order valence-electron chi connectivity index (χ4n) is 1.40. The van der Waals surface area contributed by atoms with E-state index >= 15 is 0 Å². The highest BCUT2D eigenvalue weighted by molar-refractivity contribution is 7.98. The fraction of sp³-hybridized carbons (Fsp3) is 0.167. The van der Waals surface area contributed by atoms with Crippen molar-refractivity contribution in [3.63, 3.8) is 0 Å². The van der Waals surface area contributed by atoms with E-state index in [4.69, 9.17) is 5.11 Å². The number of carbonyl (C=O) groups is 2. The van der Waals surface area contributed by atoms with Gasteiger partial charge in [-0.15, -0.1) is 11.8 Å². The summed E-state index contributed by atoms with van der Waals surface area (Å²) in [4.78, 5) is 21.5. The summed E-state index contributed by atoms with van der Waals surface area (Å²) < 4.78 is 38.4. The number of thioether (sulfide) groups is 1. The number of alkyl halides is 3. The van der Waals surface area contributed by atoms with Crippen molar-refractivity contribution in [2.75, 3.05) is 11.6 Å². The lowest BCUT2D eigenvalue weighted by Crippen LogP contribution is -2.13. The van der Waals surface area contributed by atoms with Crippen LogP contribution in [0.25, 0.3) is 0 Å². The molecule has 0 unspecified atom stereocenters. The number of carboxylic acid groups (broad SMARTS) is 1. The lowest BCUT2D eigenvalue weighted by atomic mass is 10.2. The van der Waals surface area contributed by atoms with Crippen molar-refractivity contribution in [2.24, 2.45) is 0 Å². The van der Waals surface area contributed by atoms with E-state index in [-0.39, 0.29) is 10.6 Å². The molecule has 0 aromatic heterocycles. The van der Waals surface area contributed by atoms with Crippen LogP contribution in [-0.2, 0) is 15.8 Å². The van der Waals surface area contributed by atoms with Crippen LogP contribution >= 0.6 is 11.8 Å². The Morgan fingerprint density at radius 2 is 1.95 bits per heavy atom. The Hall–Kier alpha value is -1.96. The van der Waals surface area contributed by atoms with E-state index in [2.05, 4.69) is 5.32 Å². The number of rotatable bonds is 4. The molecule has 0 heterocycles. The van der Waals surface area contributed by atoms with Gasteiger partial charge in [-0.3, -0.25) is 4.79 Å². The Kier molecular flexibility index (Phi) is 5.20. The fourth-order valence-corrected chi connectivity index (χ4v) is 2.14. The van der Waals surface area contributed by atoms with E-state index in [0.717, 1.165) is 23.9 Å². The van der Waals surface area contributed by atoms with E-state index in [1.165, 1.54) is 18.4 Å². The molecule has 4 nitrogen and oxygen atoms in total. The molecule has 1 aromatic rings. The molecule has 2 N–H and O–H groups in total. The molecule has 0 bridgehead atoms. The van der Waals surface area contributed by atoms with Gasteiger partial charge in [0.05, 0.1) is 11.3 Å². The first-order valence-corrected chi connectivity index (χ1v) is 6.44. The van der Waals surface area contributed by atoms with Gasteiger partial charge in [0.25, 0.3) is 0 Å². The van der Waals surface area contributed by atoms with E-state index in [0.29, 0.717) is 6.08 Å². The molecule has 0 spiro atoms. The number of benzene rings is 1. The van der Waals surface area contributed by atoms with Crippen molar-refractivity contribution < 1.29 is 27.9 Å². The Bertz CT molecular complexity index is 555. The van der Waals surface area contributed by atoms with Crippen LogP contribution in [0.3, 0.4) is 0 Å². The third kappa shape index (κ3) is 4.30. The van der Waals surface area contributed by atoms with Crippen molar-refractivity contribution in [1.29, 1.82) is 0 Å². The highest BCUT2D eigenvalue weighted by Gasteiger charge is 2.34. The number of hydrogen-bond donors (Lipinski definition) is 2. The normalized spacial score (nSPS) is 11.6. The molecule has 1 rings (SSSR count). The zero-order valence-corrected chi connectivity index (χ0v) is 11.0. The van der Waals surface area contributed by atoms with Crippen molar-refractivity contribution in [3.05, 3.63) is 35.9 Å². The smallest absolute Gasteiger partial charge is 0.417 e. The molecule has 0 radical (unpaired) electrons. The molecular formula is C12H10F3NO3S. The lowest BCUT2D eigenvalue weighted by Gasteiger charge is -2.15. The number of nitrogens with one attached hydrogen (secondary N) is 1. The topological polar surface area (TPSA) is 66.4 Å². The first-order chi connectivity index (χ1) is 9.25. The molecule has 1 aromatic carbocycles. The molecule has 0 aliphatic heterocycles. The van der Waals surface area contributed by atoms with Gasteiger partial charge in [-0.05, 0) is 18.4 Å². The zero-order chi connectivity index (χ0) is 15.3. The highest BCUT2D eigenvalue weighted by atomic mass is 32.2. The van der Waals surface area contributed by atoms with Gasteiger partial charge in [0.15, 0.2) is 0 Å². The second kappa shape index (κ2) is 6.47. The molecule has 0 aliphatic carbocycles. The standard InChI is InChI=1S/C12H10F3NO3S/c1-20-11-7(12(13,14)15)3-2-4-8(11)16-9(17)5-6-10(18)19/h2-6H,1H3,(H,16,17)(H,18,19). The average molecular weight is 305 g/mol. The molecular weight excluding hydrogens is 295 g/mol. The maximum atomic E-state index is 12.8. The lowest BCUT2D eigenvalue weighted by molar-refractivity contribution is -0.139. The van der Waals surface area contributed by atoms with Gasteiger partial charge in [0.2, 0.25) is 5.91 Å². The van der Waals surface area contributed by atoms with Crippen LogP contribution in [0.15, 0.2) is 35.2 Å².